The van der Waals surface area contributed by atoms with Crippen LogP contribution in [0, 0.1) is 5.92 Å². The van der Waals surface area contributed by atoms with Crippen LogP contribution in [-0.2, 0) is 6.54 Å². The van der Waals surface area contributed by atoms with Crippen molar-refractivity contribution < 1.29 is 4.42 Å². The van der Waals surface area contributed by atoms with Gasteiger partial charge in [-0.1, -0.05) is 19.3 Å². The molecule has 108 valence electrons. The molecule has 0 radical (unpaired) electrons. The lowest BCUT2D eigenvalue weighted by Crippen LogP contribution is -2.28. The SMILES string of the molecule is c1coc(-c2nnn(CCNCC3CCCCC3)n2)c1. The second kappa shape index (κ2) is 6.65. The van der Waals surface area contributed by atoms with Gasteiger partial charge in [-0.2, -0.15) is 4.80 Å². The third kappa shape index (κ3) is 3.45. The number of hydrogen-bond acceptors (Lipinski definition) is 5. The fourth-order valence-electron chi connectivity index (χ4n) is 2.72. The standard InChI is InChI=1S/C14H21N5O/c1-2-5-12(6-3-1)11-15-8-9-19-17-14(16-18-19)13-7-4-10-20-13/h4,7,10,12,15H,1-3,5-6,8-9,11H2. The summed E-state index contributed by atoms with van der Waals surface area (Å²) < 4.78 is 5.24. The van der Waals surface area contributed by atoms with Gasteiger partial charge in [0.05, 0.1) is 12.8 Å². The maximum absolute atomic E-state index is 5.24. The predicted octanol–water partition coefficient (Wildman–Crippen LogP) is 2.10. The maximum Gasteiger partial charge on any atom is 0.240 e. The molecular weight excluding hydrogens is 254 g/mol. The molecule has 0 aliphatic heterocycles. The number of nitrogens with zero attached hydrogens (tertiary/aromatic N) is 4. The van der Waals surface area contributed by atoms with Crippen molar-refractivity contribution in [2.45, 2.75) is 38.6 Å². The smallest absolute Gasteiger partial charge is 0.240 e. The van der Waals surface area contributed by atoms with E-state index in [1.165, 1.54) is 32.1 Å². The van der Waals surface area contributed by atoms with E-state index in [0.717, 1.165) is 25.6 Å². The predicted molar refractivity (Wildman–Crippen MR) is 75.0 cm³/mol. The molecule has 6 heteroatoms. The molecule has 1 aliphatic carbocycles. The van der Waals surface area contributed by atoms with Gasteiger partial charge in [0.1, 0.15) is 0 Å². The van der Waals surface area contributed by atoms with Crippen molar-refractivity contribution >= 4 is 0 Å². The van der Waals surface area contributed by atoms with Gasteiger partial charge in [-0.25, -0.2) is 0 Å². The Labute approximate surface area is 118 Å². The number of tetrazole rings is 1. The molecule has 0 amide bonds. The molecule has 2 aromatic heterocycles. The van der Waals surface area contributed by atoms with Crippen LogP contribution >= 0.6 is 0 Å². The molecule has 0 saturated heterocycles. The average Bonchev–Trinajstić information content (AvgIpc) is 3.15. The van der Waals surface area contributed by atoms with Crippen LogP contribution in [0.1, 0.15) is 32.1 Å². The molecule has 0 unspecified atom stereocenters. The Morgan fingerprint density at radius 3 is 3.00 bits per heavy atom. The van der Waals surface area contributed by atoms with Crippen LogP contribution in [0.5, 0.6) is 0 Å². The van der Waals surface area contributed by atoms with Crippen molar-refractivity contribution in [3.63, 3.8) is 0 Å². The minimum atomic E-state index is 0.544. The van der Waals surface area contributed by atoms with Gasteiger partial charge in [0.25, 0.3) is 0 Å². The van der Waals surface area contributed by atoms with Gasteiger partial charge in [0, 0.05) is 6.54 Å². The minimum Gasteiger partial charge on any atom is -0.461 e. The molecule has 6 nitrogen and oxygen atoms in total. The Bertz CT molecular complexity index is 501. The molecular formula is C14H21N5O. The summed E-state index contributed by atoms with van der Waals surface area (Å²) in [4.78, 5) is 1.62. The van der Waals surface area contributed by atoms with Crippen molar-refractivity contribution in [2.75, 3.05) is 13.1 Å². The molecule has 20 heavy (non-hydrogen) atoms. The highest BCUT2D eigenvalue weighted by Crippen LogP contribution is 2.22. The highest BCUT2D eigenvalue weighted by atomic mass is 16.3. The zero-order valence-corrected chi connectivity index (χ0v) is 11.7. The molecule has 1 aliphatic rings. The maximum atomic E-state index is 5.24. The first-order valence-corrected chi connectivity index (χ1v) is 7.44. The summed E-state index contributed by atoms with van der Waals surface area (Å²) in [6, 6.07) is 3.66. The Morgan fingerprint density at radius 1 is 1.30 bits per heavy atom. The van der Waals surface area contributed by atoms with E-state index in [-0.39, 0.29) is 0 Å². The summed E-state index contributed by atoms with van der Waals surface area (Å²) in [5.74, 6) is 2.06. The molecule has 0 spiro atoms. The molecule has 3 rings (SSSR count). The van der Waals surface area contributed by atoms with Gasteiger partial charge in [-0.3, -0.25) is 0 Å². The van der Waals surface area contributed by atoms with Gasteiger partial charge < -0.3 is 9.73 Å². The van der Waals surface area contributed by atoms with Crippen LogP contribution in [0.15, 0.2) is 22.8 Å². The summed E-state index contributed by atoms with van der Waals surface area (Å²) >= 11 is 0. The third-order valence-electron chi connectivity index (χ3n) is 3.84. The van der Waals surface area contributed by atoms with E-state index in [2.05, 4.69) is 20.7 Å². The highest BCUT2D eigenvalue weighted by Gasteiger charge is 2.12. The zero-order valence-electron chi connectivity index (χ0n) is 11.7. The van der Waals surface area contributed by atoms with E-state index >= 15 is 0 Å². The number of rotatable bonds is 6. The van der Waals surface area contributed by atoms with Crippen LogP contribution in [0.4, 0.5) is 0 Å². The summed E-state index contributed by atoms with van der Waals surface area (Å²) in [6.45, 7) is 2.73. The first-order chi connectivity index (χ1) is 9.92. The highest BCUT2D eigenvalue weighted by molar-refractivity contribution is 5.43. The molecule has 1 saturated carbocycles. The molecule has 1 N–H and O–H groups in total. The van der Waals surface area contributed by atoms with Gasteiger partial charge in [0.2, 0.25) is 5.82 Å². The van der Waals surface area contributed by atoms with Crippen molar-refractivity contribution in [3.8, 4) is 11.6 Å². The fraction of sp³-hybridized carbons (Fsp3) is 0.643. The van der Waals surface area contributed by atoms with Gasteiger partial charge in [0.15, 0.2) is 5.76 Å². The normalized spacial score (nSPS) is 16.6. The van der Waals surface area contributed by atoms with Crippen molar-refractivity contribution in [1.29, 1.82) is 0 Å². The van der Waals surface area contributed by atoms with Crippen LogP contribution in [0.3, 0.4) is 0 Å². The number of nitrogens with one attached hydrogen (secondary N) is 1. The first kappa shape index (κ1) is 13.3. The minimum absolute atomic E-state index is 0.544. The second-order valence-electron chi connectivity index (χ2n) is 5.39. The van der Waals surface area contributed by atoms with Crippen LogP contribution < -0.4 is 5.32 Å². The van der Waals surface area contributed by atoms with Gasteiger partial charge in [-0.05, 0) is 42.7 Å². The number of aromatic nitrogens is 4. The van der Waals surface area contributed by atoms with E-state index in [1.807, 2.05) is 12.1 Å². The van der Waals surface area contributed by atoms with E-state index < -0.39 is 0 Å². The van der Waals surface area contributed by atoms with E-state index in [9.17, 15) is 0 Å². The zero-order chi connectivity index (χ0) is 13.6. The Hall–Kier alpha value is -1.69. The molecule has 2 aromatic rings. The molecule has 0 bridgehead atoms. The van der Waals surface area contributed by atoms with Crippen molar-refractivity contribution in [1.82, 2.24) is 25.5 Å². The van der Waals surface area contributed by atoms with Crippen LogP contribution in [-0.4, -0.2) is 33.3 Å². The summed E-state index contributed by atoms with van der Waals surface area (Å²) in [7, 11) is 0. The molecule has 2 heterocycles. The quantitative estimate of drug-likeness (QED) is 0.818. The lowest BCUT2D eigenvalue weighted by atomic mass is 9.89. The van der Waals surface area contributed by atoms with E-state index in [1.54, 1.807) is 11.1 Å². The Kier molecular flexibility index (Phi) is 4.42. The lowest BCUT2D eigenvalue weighted by Gasteiger charge is -2.21. The van der Waals surface area contributed by atoms with E-state index in [0.29, 0.717) is 11.6 Å². The second-order valence-corrected chi connectivity index (χ2v) is 5.39. The Balaban J connectivity index is 1.40. The average molecular weight is 275 g/mol. The summed E-state index contributed by atoms with van der Waals surface area (Å²) in [5, 5.41) is 15.8. The van der Waals surface area contributed by atoms with Crippen molar-refractivity contribution in [3.05, 3.63) is 18.4 Å². The third-order valence-corrected chi connectivity index (χ3v) is 3.84. The topological polar surface area (TPSA) is 68.8 Å². The van der Waals surface area contributed by atoms with Gasteiger partial charge in [-0.15, -0.1) is 10.2 Å². The molecule has 0 aromatic carbocycles. The van der Waals surface area contributed by atoms with E-state index in [4.69, 9.17) is 4.42 Å². The monoisotopic (exact) mass is 275 g/mol. The molecule has 0 atom stereocenters. The first-order valence-electron chi connectivity index (χ1n) is 7.44. The Morgan fingerprint density at radius 2 is 2.20 bits per heavy atom. The summed E-state index contributed by atoms with van der Waals surface area (Å²) in [5.41, 5.74) is 0. The van der Waals surface area contributed by atoms with Gasteiger partial charge >= 0.3 is 0 Å². The van der Waals surface area contributed by atoms with Crippen LogP contribution in [0.25, 0.3) is 11.6 Å². The van der Waals surface area contributed by atoms with Crippen LogP contribution in [0.2, 0.25) is 0 Å². The molecule has 1 fully saturated rings. The number of furan rings is 1. The fourth-order valence-corrected chi connectivity index (χ4v) is 2.72. The lowest BCUT2D eigenvalue weighted by molar-refractivity contribution is 0.337. The van der Waals surface area contributed by atoms with Crippen molar-refractivity contribution in [2.24, 2.45) is 5.92 Å². The number of hydrogen-bond donors (Lipinski definition) is 1. The summed E-state index contributed by atoms with van der Waals surface area (Å²) in [6.07, 6.45) is 8.55. The largest absolute Gasteiger partial charge is 0.461 e.